The Hall–Kier alpha value is -0.0800. The fourth-order valence-corrected chi connectivity index (χ4v) is 3.00. The third-order valence-corrected chi connectivity index (χ3v) is 3.72. The van der Waals surface area contributed by atoms with E-state index in [2.05, 4.69) is 11.9 Å². The first-order chi connectivity index (χ1) is 5.72. The summed E-state index contributed by atoms with van der Waals surface area (Å²) < 4.78 is 0. The Morgan fingerprint density at radius 1 is 1.25 bits per heavy atom. The van der Waals surface area contributed by atoms with Crippen LogP contribution in [0.4, 0.5) is 0 Å². The van der Waals surface area contributed by atoms with Crippen molar-refractivity contribution in [3.63, 3.8) is 0 Å². The minimum absolute atomic E-state index is 0.172. The van der Waals surface area contributed by atoms with Crippen molar-refractivity contribution in [1.29, 1.82) is 0 Å². The van der Waals surface area contributed by atoms with Crippen LogP contribution in [0.2, 0.25) is 0 Å². The molecule has 0 bridgehead atoms. The van der Waals surface area contributed by atoms with Gasteiger partial charge in [0.05, 0.1) is 0 Å². The smallest absolute Gasteiger partial charge is 0.0312 e. The number of likely N-dealkylation sites (N-methyl/N-ethyl adjacent to an activating group) is 1. The summed E-state index contributed by atoms with van der Waals surface area (Å²) in [6.07, 6.45) is 7.87. The predicted octanol–water partition coefficient (Wildman–Crippen LogP) is 1.35. The molecule has 1 aliphatic heterocycles. The quantitative estimate of drug-likeness (QED) is 0.640. The van der Waals surface area contributed by atoms with E-state index < -0.39 is 0 Å². The van der Waals surface area contributed by atoms with Crippen LogP contribution in [0.1, 0.15) is 38.5 Å². The van der Waals surface area contributed by atoms with E-state index in [9.17, 15) is 0 Å². The van der Waals surface area contributed by atoms with Crippen molar-refractivity contribution in [2.75, 3.05) is 13.6 Å². The molecule has 1 unspecified atom stereocenters. The van der Waals surface area contributed by atoms with E-state index in [-0.39, 0.29) is 5.54 Å². The van der Waals surface area contributed by atoms with Crippen molar-refractivity contribution in [2.24, 2.45) is 5.73 Å². The van der Waals surface area contributed by atoms with Crippen LogP contribution in [-0.4, -0.2) is 30.1 Å². The van der Waals surface area contributed by atoms with Crippen molar-refractivity contribution in [2.45, 2.75) is 50.1 Å². The average Bonchev–Trinajstić information content (AvgIpc) is 2.59. The molecular formula is C10H20N2. The summed E-state index contributed by atoms with van der Waals surface area (Å²) in [5.41, 5.74) is 6.58. The van der Waals surface area contributed by atoms with Crippen LogP contribution in [0.25, 0.3) is 0 Å². The zero-order valence-electron chi connectivity index (χ0n) is 8.05. The Kier molecular flexibility index (Phi) is 2.13. The molecule has 2 heteroatoms. The van der Waals surface area contributed by atoms with E-state index in [0.29, 0.717) is 6.04 Å². The molecule has 70 valence electrons. The number of nitrogens with zero attached hydrogens (tertiary/aromatic N) is 1. The van der Waals surface area contributed by atoms with Gasteiger partial charge in [0.1, 0.15) is 0 Å². The molecule has 0 aromatic carbocycles. The van der Waals surface area contributed by atoms with Crippen LogP contribution in [0.3, 0.4) is 0 Å². The highest BCUT2D eigenvalue weighted by atomic mass is 15.2. The van der Waals surface area contributed by atoms with E-state index >= 15 is 0 Å². The van der Waals surface area contributed by atoms with Gasteiger partial charge in [-0.25, -0.2) is 0 Å². The van der Waals surface area contributed by atoms with Crippen molar-refractivity contribution >= 4 is 0 Å². The zero-order chi connectivity index (χ0) is 8.60. The van der Waals surface area contributed by atoms with Gasteiger partial charge in [0.2, 0.25) is 0 Å². The van der Waals surface area contributed by atoms with Gasteiger partial charge in [-0.3, -0.25) is 0 Å². The van der Waals surface area contributed by atoms with E-state index in [1.165, 1.54) is 45.1 Å². The molecule has 2 N–H and O–H groups in total. The highest BCUT2D eigenvalue weighted by molar-refractivity contribution is 5.01. The molecule has 1 heterocycles. The summed E-state index contributed by atoms with van der Waals surface area (Å²) in [5.74, 6) is 0. The maximum atomic E-state index is 6.41. The van der Waals surface area contributed by atoms with Gasteiger partial charge in [-0.2, -0.15) is 0 Å². The number of hydrogen-bond acceptors (Lipinski definition) is 2. The van der Waals surface area contributed by atoms with E-state index in [0.717, 1.165) is 0 Å². The Bertz CT molecular complexity index is 161. The van der Waals surface area contributed by atoms with Crippen LogP contribution in [0.15, 0.2) is 0 Å². The fraction of sp³-hybridized carbons (Fsp3) is 1.00. The summed E-state index contributed by atoms with van der Waals surface area (Å²) in [5, 5.41) is 0. The van der Waals surface area contributed by atoms with Crippen molar-refractivity contribution in [1.82, 2.24) is 4.90 Å². The van der Waals surface area contributed by atoms with Crippen LogP contribution >= 0.6 is 0 Å². The Balaban J connectivity index is 2.06. The van der Waals surface area contributed by atoms with Gasteiger partial charge < -0.3 is 10.6 Å². The third kappa shape index (κ3) is 1.27. The number of hydrogen-bond donors (Lipinski definition) is 1. The highest BCUT2D eigenvalue weighted by Crippen LogP contribution is 2.36. The van der Waals surface area contributed by atoms with Gasteiger partial charge in [-0.05, 0) is 39.3 Å². The van der Waals surface area contributed by atoms with Crippen molar-refractivity contribution in [3.05, 3.63) is 0 Å². The van der Waals surface area contributed by atoms with Gasteiger partial charge in [-0.1, -0.05) is 12.8 Å². The largest absolute Gasteiger partial charge is 0.324 e. The lowest BCUT2D eigenvalue weighted by Gasteiger charge is -2.35. The second kappa shape index (κ2) is 3.00. The number of rotatable bonds is 1. The molecule has 2 rings (SSSR count). The lowest BCUT2D eigenvalue weighted by Crippen LogP contribution is -2.53. The lowest BCUT2D eigenvalue weighted by molar-refractivity contribution is 0.195. The van der Waals surface area contributed by atoms with Crippen LogP contribution in [0, 0.1) is 0 Å². The van der Waals surface area contributed by atoms with Crippen LogP contribution < -0.4 is 5.73 Å². The Morgan fingerprint density at radius 2 is 1.92 bits per heavy atom. The molecule has 1 atom stereocenters. The highest BCUT2D eigenvalue weighted by Gasteiger charge is 2.41. The number of nitrogens with two attached hydrogens (primary N) is 1. The summed E-state index contributed by atoms with van der Waals surface area (Å²) in [6, 6.07) is 0.681. The molecule has 2 aliphatic rings. The molecule has 1 aliphatic carbocycles. The number of likely N-dealkylation sites (tertiary alicyclic amines) is 1. The molecule has 2 fully saturated rings. The first-order valence-corrected chi connectivity index (χ1v) is 5.21. The first kappa shape index (κ1) is 8.52. The molecule has 0 amide bonds. The van der Waals surface area contributed by atoms with Gasteiger partial charge in [0.15, 0.2) is 0 Å². The van der Waals surface area contributed by atoms with Crippen LogP contribution in [0.5, 0.6) is 0 Å². The van der Waals surface area contributed by atoms with Gasteiger partial charge in [0, 0.05) is 11.6 Å². The molecule has 0 radical (unpaired) electrons. The summed E-state index contributed by atoms with van der Waals surface area (Å²) in [6.45, 7) is 1.25. The van der Waals surface area contributed by atoms with Gasteiger partial charge in [-0.15, -0.1) is 0 Å². The van der Waals surface area contributed by atoms with E-state index in [1.807, 2.05) is 0 Å². The summed E-state index contributed by atoms with van der Waals surface area (Å²) >= 11 is 0. The molecule has 1 saturated heterocycles. The topological polar surface area (TPSA) is 29.3 Å². The zero-order valence-corrected chi connectivity index (χ0v) is 8.05. The predicted molar refractivity (Wildman–Crippen MR) is 51.0 cm³/mol. The minimum atomic E-state index is 0.172. The Labute approximate surface area is 75.1 Å². The second-order valence-corrected chi connectivity index (χ2v) is 4.58. The molecule has 0 aromatic rings. The molecular weight excluding hydrogens is 148 g/mol. The normalized spacial score (nSPS) is 36.0. The monoisotopic (exact) mass is 168 g/mol. The molecule has 12 heavy (non-hydrogen) atoms. The first-order valence-electron chi connectivity index (χ1n) is 5.21. The van der Waals surface area contributed by atoms with Gasteiger partial charge in [0.25, 0.3) is 0 Å². The molecule has 0 aromatic heterocycles. The minimum Gasteiger partial charge on any atom is -0.324 e. The third-order valence-electron chi connectivity index (χ3n) is 3.72. The maximum absolute atomic E-state index is 6.41. The molecule has 2 nitrogen and oxygen atoms in total. The second-order valence-electron chi connectivity index (χ2n) is 4.58. The molecule has 1 saturated carbocycles. The summed E-state index contributed by atoms with van der Waals surface area (Å²) in [4.78, 5) is 2.46. The Morgan fingerprint density at radius 3 is 2.42 bits per heavy atom. The van der Waals surface area contributed by atoms with E-state index in [1.54, 1.807) is 0 Å². The SMILES string of the molecule is CN1CCCC1C1(N)CCCC1. The summed E-state index contributed by atoms with van der Waals surface area (Å²) in [7, 11) is 2.23. The average molecular weight is 168 g/mol. The van der Waals surface area contributed by atoms with E-state index in [4.69, 9.17) is 5.73 Å². The van der Waals surface area contributed by atoms with Crippen molar-refractivity contribution < 1.29 is 0 Å². The lowest BCUT2D eigenvalue weighted by atomic mass is 9.88. The fourth-order valence-electron chi connectivity index (χ4n) is 3.00. The van der Waals surface area contributed by atoms with Gasteiger partial charge >= 0.3 is 0 Å². The van der Waals surface area contributed by atoms with Crippen molar-refractivity contribution in [3.8, 4) is 0 Å². The standard InChI is InChI=1S/C10H20N2/c1-12-8-4-5-9(12)10(11)6-2-3-7-10/h9H,2-8,11H2,1H3. The maximum Gasteiger partial charge on any atom is 0.0312 e. The van der Waals surface area contributed by atoms with Crippen LogP contribution in [-0.2, 0) is 0 Å². The molecule has 0 spiro atoms.